The second kappa shape index (κ2) is 6.94. The maximum atomic E-state index is 12.2. The molecule has 0 spiro atoms. The van der Waals surface area contributed by atoms with Gasteiger partial charge < -0.3 is 4.74 Å². The molecule has 0 saturated heterocycles. The highest BCUT2D eigenvalue weighted by molar-refractivity contribution is 5.90. The monoisotopic (exact) mass is 306 g/mol. The van der Waals surface area contributed by atoms with E-state index in [-0.39, 0.29) is 12.5 Å². The number of nitrogens with zero attached hydrogens (tertiary/aromatic N) is 2. The fourth-order valence-corrected chi connectivity index (χ4v) is 3.13. The fraction of sp³-hybridized carbons (Fsp3) is 0.316. The third-order valence-corrected chi connectivity index (χ3v) is 4.23. The zero-order valence-corrected chi connectivity index (χ0v) is 13.0. The van der Waals surface area contributed by atoms with E-state index in [1.807, 2.05) is 30.3 Å². The summed E-state index contributed by atoms with van der Waals surface area (Å²) in [6.07, 6.45) is 3.74. The van der Waals surface area contributed by atoms with Crippen molar-refractivity contribution in [3.8, 4) is 6.07 Å². The van der Waals surface area contributed by atoms with Gasteiger partial charge in [-0.15, -0.1) is 6.58 Å². The lowest BCUT2D eigenvalue weighted by atomic mass is 9.64. The van der Waals surface area contributed by atoms with Crippen LogP contribution in [0, 0.1) is 23.8 Å². The number of esters is 1. The molecule has 0 bridgehead atoms. The van der Waals surface area contributed by atoms with Gasteiger partial charge in [0, 0.05) is 5.57 Å². The summed E-state index contributed by atoms with van der Waals surface area (Å²) in [5.41, 5.74) is -0.123. The van der Waals surface area contributed by atoms with E-state index in [9.17, 15) is 10.1 Å². The Morgan fingerprint density at radius 2 is 2.26 bits per heavy atom. The summed E-state index contributed by atoms with van der Waals surface area (Å²) in [5.74, 6) is -1.47. The van der Waals surface area contributed by atoms with Crippen molar-refractivity contribution in [2.75, 3.05) is 6.61 Å². The lowest BCUT2D eigenvalue weighted by Gasteiger charge is -2.34. The molecule has 0 heterocycles. The van der Waals surface area contributed by atoms with Gasteiger partial charge in [-0.3, -0.25) is 4.85 Å². The maximum absolute atomic E-state index is 12.2. The molecule has 1 aromatic rings. The number of allylic oxidation sites excluding steroid dienone is 1. The van der Waals surface area contributed by atoms with Gasteiger partial charge in [0.05, 0.1) is 12.5 Å². The van der Waals surface area contributed by atoms with Crippen LogP contribution < -0.4 is 0 Å². The minimum atomic E-state index is -1.39. The smallest absolute Gasteiger partial charge is 0.334 e. The Bertz CT molecular complexity index is 693. The first-order valence-corrected chi connectivity index (χ1v) is 7.49. The predicted molar refractivity (Wildman–Crippen MR) is 87.1 cm³/mol. The molecule has 1 aliphatic carbocycles. The number of nitriles is 1. The molecular formula is C19H18N2O2. The topological polar surface area (TPSA) is 54.5 Å². The van der Waals surface area contributed by atoms with E-state index in [1.54, 1.807) is 13.0 Å². The summed E-state index contributed by atoms with van der Waals surface area (Å²) in [6.45, 7) is 13.4. The molecule has 23 heavy (non-hydrogen) atoms. The molecule has 1 aliphatic rings. The van der Waals surface area contributed by atoms with Crippen LogP contribution in [0.15, 0.2) is 54.6 Å². The summed E-state index contributed by atoms with van der Waals surface area (Å²) in [4.78, 5) is 15.8. The van der Waals surface area contributed by atoms with Gasteiger partial charge >= 0.3 is 11.5 Å². The van der Waals surface area contributed by atoms with Gasteiger partial charge in [-0.05, 0) is 18.9 Å². The van der Waals surface area contributed by atoms with E-state index in [0.29, 0.717) is 12.0 Å². The van der Waals surface area contributed by atoms with Crippen LogP contribution >= 0.6 is 0 Å². The number of rotatable bonds is 4. The van der Waals surface area contributed by atoms with Gasteiger partial charge in [0.25, 0.3) is 0 Å². The van der Waals surface area contributed by atoms with E-state index in [2.05, 4.69) is 17.5 Å². The summed E-state index contributed by atoms with van der Waals surface area (Å²) >= 11 is 0. The first-order valence-electron chi connectivity index (χ1n) is 7.49. The molecule has 0 aliphatic heterocycles. The number of hydrogen-bond acceptors (Lipinski definition) is 3. The van der Waals surface area contributed by atoms with Crippen molar-refractivity contribution in [3.63, 3.8) is 0 Å². The number of benzene rings is 1. The van der Waals surface area contributed by atoms with Crippen molar-refractivity contribution < 1.29 is 9.53 Å². The average molecular weight is 306 g/mol. The van der Waals surface area contributed by atoms with Crippen LogP contribution in [0.3, 0.4) is 0 Å². The van der Waals surface area contributed by atoms with Crippen molar-refractivity contribution >= 4 is 5.97 Å². The van der Waals surface area contributed by atoms with Crippen molar-refractivity contribution in [2.45, 2.75) is 24.8 Å². The molecule has 116 valence electrons. The summed E-state index contributed by atoms with van der Waals surface area (Å²) < 4.78 is 5.07. The van der Waals surface area contributed by atoms with E-state index >= 15 is 0 Å². The van der Waals surface area contributed by atoms with Gasteiger partial charge in [0.15, 0.2) is 6.07 Å². The first kappa shape index (κ1) is 16.5. The molecular weight excluding hydrogens is 288 g/mol. The standard InChI is InChI=1S/C19H18N2O2/c1-4-16-15(18(22)23-5-2)11-12-17(19(16,13-20)21-3)14-9-7-6-8-10-14/h4,6-11,16-17H,1,5,12H2,2H3/t16-,17-,19?/m0/s1. The minimum Gasteiger partial charge on any atom is -0.463 e. The van der Waals surface area contributed by atoms with E-state index < -0.39 is 17.4 Å². The second-order valence-electron chi connectivity index (χ2n) is 5.34. The normalized spacial score (nSPS) is 26.3. The van der Waals surface area contributed by atoms with Crippen LogP contribution in [0.1, 0.15) is 24.8 Å². The SMILES string of the molecule is [C-]#[N+]C1(C#N)[C@@H](C=C)C(C(=O)OCC)=CC[C@H]1c1ccccc1. The van der Waals surface area contributed by atoms with Crippen molar-refractivity contribution in [1.29, 1.82) is 5.26 Å². The molecule has 0 N–H and O–H groups in total. The zero-order valence-electron chi connectivity index (χ0n) is 13.0. The number of carbonyl (C=O) groups excluding carboxylic acids is 1. The number of carbonyl (C=O) groups is 1. The third kappa shape index (κ3) is 2.76. The van der Waals surface area contributed by atoms with Gasteiger partial charge in [0.1, 0.15) is 5.92 Å². The Hall–Kier alpha value is -2.85. The highest BCUT2D eigenvalue weighted by Gasteiger charge is 2.57. The third-order valence-electron chi connectivity index (χ3n) is 4.23. The molecule has 2 rings (SSSR count). The highest BCUT2D eigenvalue weighted by atomic mass is 16.5. The van der Waals surface area contributed by atoms with Gasteiger partial charge in [-0.1, -0.05) is 42.5 Å². The second-order valence-corrected chi connectivity index (χ2v) is 5.34. The van der Waals surface area contributed by atoms with Crippen LogP contribution in [-0.2, 0) is 9.53 Å². The Morgan fingerprint density at radius 3 is 2.78 bits per heavy atom. The maximum Gasteiger partial charge on any atom is 0.334 e. The van der Waals surface area contributed by atoms with E-state index in [0.717, 1.165) is 5.56 Å². The largest absolute Gasteiger partial charge is 0.463 e. The number of ether oxygens (including phenoxy) is 1. The lowest BCUT2D eigenvalue weighted by Crippen LogP contribution is -2.43. The van der Waals surface area contributed by atoms with E-state index in [4.69, 9.17) is 11.3 Å². The summed E-state index contributed by atoms with van der Waals surface area (Å²) in [7, 11) is 0. The van der Waals surface area contributed by atoms with Crippen molar-refractivity contribution in [3.05, 3.63) is 71.6 Å². The molecule has 0 radical (unpaired) electrons. The van der Waals surface area contributed by atoms with E-state index in [1.165, 1.54) is 6.08 Å². The predicted octanol–water partition coefficient (Wildman–Crippen LogP) is 3.65. The highest BCUT2D eigenvalue weighted by Crippen LogP contribution is 2.47. The van der Waals surface area contributed by atoms with Crippen LogP contribution in [-0.4, -0.2) is 18.1 Å². The van der Waals surface area contributed by atoms with Crippen LogP contribution in [0.4, 0.5) is 0 Å². The Balaban J connectivity index is 2.57. The van der Waals surface area contributed by atoms with Gasteiger partial charge in [-0.25, -0.2) is 11.4 Å². The van der Waals surface area contributed by atoms with Crippen LogP contribution in [0.2, 0.25) is 0 Å². The summed E-state index contributed by atoms with van der Waals surface area (Å²) in [5, 5.41) is 9.81. The molecule has 4 nitrogen and oxygen atoms in total. The molecule has 0 fully saturated rings. The van der Waals surface area contributed by atoms with Crippen LogP contribution in [0.25, 0.3) is 4.85 Å². The Kier molecular flexibility index (Phi) is 4.98. The summed E-state index contributed by atoms with van der Waals surface area (Å²) in [6, 6.07) is 11.6. The number of hydrogen-bond donors (Lipinski definition) is 0. The Morgan fingerprint density at radius 1 is 1.57 bits per heavy atom. The Labute approximate surface area is 136 Å². The molecule has 0 saturated carbocycles. The minimum absolute atomic E-state index is 0.250. The molecule has 0 amide bonds. The quantitative estimate of drug-likeness (QED) is 0.485. The molecule has 0 aromatic heterocycles. The fourth-order valence-electron chi connectivity index (χ4n) is 3.13. The zero-order chi connectivity index (χ0) is 16.9. The molecule has 4 heteroatoms. The van der Waals surface area contributed by atoms with Gasteiger partial charge in [0.2, 0.25) is 0 Å². The average Bonchev–Trinajstić information content (AvgIpc) is 2.61. The molecule has 3 atom stereocenters. The first-order chi connectivity index (χ1) is 11.1. The van der Waals surface area contributed by atoms with Crippen LogP contribution in [0.5, 0.6) is 0 Å². The lowest BCUT2D eigenvalue weighted by molar-refractivity contribution is -0.139. The molecule has 1 aromatic carbocycles. The molecule has 1 unspecified atom stereocenters. The van der Waals surface area contributed by atoms with Gasteiger partial charge in [-0.2, -0.15) is 5.26 Å². The van der Waals surface area contributed by atoms with Crippen molar-refractivity contribution in [1.82, 2.24) is 0 Å². The van der Waals surface area contributed by atoms with Crippen molar-refractivity contribution in [2.24, 2.45) is 5.92 Å².